The minimum absolute atomic E-state index is 0.0198. The molecule has 1 atom stereocenters. The molecule has 2 N–H and O–H groups in total. The first-order valence-corrected chi connectivity index (χ1v) is 8.39. The molecule has 2 aromatic heterocycles. The van der Waals surface area contributed by atoms with E-state index >= 15 is 0 Å². The summed E-state index contributed by atoms with van der Waals surface area (Å²) in [5.41, 5.74) is 1.99. The number of hydrogen-bond donors (Lipinski definition) is 2. The van der Waals surface area contributed by atoms with Crippen molar-refractivity contribution in [1.82, 2.24) is 20.1 Å². The molecule has 0 radical (unpaired) electrons. The highest BCUT2D eigenvalue weighted by atomic mass is 16.3. The predicted molar refractivity (Wildman–Crippen MR) is 95.1 cm³/mol. The summed E-state index contributed by atoms with van der Waals surface area (Å²) in [5.74, 6) is -0.216. The number of nitrogens with zero attached hydrogens (tertiary/aromatic N) is 3. The molecule has 0 aromatic carbocycles. The largest absolute Gasteiger partial charge is 0.391 e. The number of aryl methyl sites for hydroxylation is 1. The highest BCUT2D eigenvalue weighted by Crippen LogP contribution is 2.21. The lowest BCUT2D eigenvalue weighted by atomic mass is 9.89. The van der Waals surface area contributed by atoms with Gasteiger partial charge in [-0.15, -0.1) is 0 Å². The zero-order valence-corrected chi connectivity index (χ0v) is 15.4. The summed E-state index contributed by atoms with van der Waals surface area (Å²) in [5, 5.41) is 18.0. The van der Waals surface area contributed by atoms with Gasteiger partial charge in [0.25, 0.3) is 5.91 Å². The number of pyridine rings is 1. The Morgan fingerprint density at radius 2 is 2.04 bits per heavy atom. The maximum Gasteiger partial charge on any atom is 0.253 e. The summed E-state index contributed by atoms with van der Waals surface area (Å²) >= 11 is 0. The summed E-state index contributed by atoms with van der Waals surface area (Å²) in [6, 6.07) is 2.02. The van der Waals surface area contributed by atoms with Crippen LogP contribution in [0.5, 0.6) is 0 Å². The van der Waals surface area contributed by atoms with E-state index in [1.807, 2.05) is 31.5 Å². The van der Waals surface area contributed by atoms with Crippen LogP contribution in [0.25, 0.3) is 11.0 Å². The number of aliphatic hydroxyl groups is 1. The van der Waals surface area contributed by atoms with Crippen molar-refractivity contribution in [3.63, 3.8) is 0 Å². The van der Waals surface area contributed by atoms with E-state index in [1.54, 1.807) is 6.20 Å². The Hall–Kier alpha value is -1.95. The number of carbonyl (C=O) groups is 1. The van der Waals surface area contributed by atoms with Crippen molar-refractivity contribution in [3.05, 3.63) is 23.5 Å². The van der Waals surface area contributed by atoms with Crippen molar-refractivity contribution in [1.29, 1.82) is 0 Å². The Balaban J connectivity index is 2.14. The highest BCUT2D eigenvalue weighted by Gasteiger charge is 2.19. The molecule has 6 nitrogen and oxygen atoms in total. The fourth-order valence-electron chi connectivity index (χ4n) is 2.76. The molecule has 0 fully saturated rings. The van der Waals surface area contributed by atoms with Crippen LogP contribution >= 0.6 is 0 Å². The van der Waals surface area contributed by atoms with Crippen LogP contribution in [0.3, 0.4) is 0 Å². The van der Waals surface area contributed by atoms with Crippen molar-refractivity contribution in [3.8, 4) is 0 Å². The van der Waals surface area contributed by atoms with Gasteiger partial charge in [-0.1, -0.05) is 20.8 Å². The first-order valence-electron chi connectivity index (χ1n) is 8.39. The van der Waals surface area contributed by atoms with E-state index in [9.17, 15) is 9.90 Å². The van der Waals surface area contributed by atoms with Gasteiger partial charge in [-0.2, -0.15) is 5.10 Å². The van der Waals surface area contributed by atoms with Gasteiger partial charge in [-0.25, -0.2) is 9.67 Å². The molecule has 0 spiro atoms. The first-order chi connectivity index (χ1) is 11.1. The normalized spacial score (nSPS) is 13.5. The van der Waals surface area contributed by atoms with Gasteiger partial charge in [0, 0.05) is 18.0 Å². The van der Waals surface area contributed by atoms with Gasteiger partial charge < -0.3 is 10.4 Å². The van der Waals surface area contributed by atoms with Crippen molar-refractivity contribution in [2.75, 3.05) is 6.54 Å². The zero-order valence-electron chi connectivity index (χ0n) is 15.4. The summed E-state index contributed by atoms with van der Waals surface area (Å²) in [7, 11) is 0. The summed E-state index contributed by atoms with van der Waals surface area (Å²) in [4.78, 5) is 17.0. The molecule has 132 valence electrons. The SMILES string of the molecule is Cc1nc2c(cnn2C(C)C)cc1C(=O)NC[C@H](O)CC(C)(C)C. The van der Waals surface area contributed by atoms with Crippen LogP contribution in [0.15, 0.2) is 12.3 Å². The van der Waals surface area contributed by atoms with Crippen LogP contribution in [-0.4, -0.2) is 38.4 Å². The Labute approximate surface area is 143 Å². The molecule has 0 saturated carbocycles. The molecule has 0 aliphatic heterocycles. The molecule has 2 rings (SSSR count). The molecule has 2 heterocycles. The number of hydrogen-bond acceptors (Lipinski definition) is 4. The number of amides is 1. The van der Waals surface area contributed by atoms with Crippen molar-refractivity contribution in [2.24, 2.45) is 5.41 Å². The molecule has 6 heteroatoms. The third kappa shape index (κ3) is 4.32. The van der Waals surface area contributed by atoms with E-state index in [-0.39, 0.29) is 23.9 Å². The van der Waals surface area contributed by atoms with E-state index in [4.69, 9.17) is 0 Å². The second-order valence-corrected chi connectivity index (χ2v) is 7.85. The maximum absolute atomic E-state index is 12.4. The molecule has 2 aromatic rings. The van der Waals surface area contributed by atoms with Crippen molar-refractivity contribution in [2.45, 2.75) is 60.1 Å². The van der Waals surface area contributed by atoms with Crippen molar-refractivity contribution < 1.29 is 9.90 Å². The van der Waals surface area contributed by atoms with E-state index in [0.29, 0.717) is 17.7 Å². The Kier molecular flexibility index (Phi) is 5.28. The lowest BCUT2D eigenvalue weighted by Crippen LogP contribution is -2.34. The van der Waals surface area contributed by atoms with Gasteiger partial charge in [0.2, 0.25) is 0 Å². The lowest BCUT2D eigenvalue weighted by molar-refractivity contribution is 0.0868. The van der Waals surface area contributed by atoms with Crippen LogP contribution < -0.4 is 5.32 Å². The van der Waals surface area contributed by atoms with Crippen LogP contribution in [-0.2, 0) is 0 Å². The van der Waals surface area contributed by atoms with E-state index < -0.39 is 6.10 Å². The fraction of sp³-hybridized carbons (Fsp3) is 0.611. The van der Waals surface area contributed by atoms with E-state index in [0.717, 1.165) is 11.0 Å². The van der Waals surface area contributed by atoms with Crippen LogP contribution in [0.1, 0.15) is 63.1 Å². The molecule has 0 saturated heterocycles. The maximum atomic E-state index is 12.4. The molecule has 0 aliphatic carbocycles. The van der Waals surface area contributed by atoms with Crippen LogP contribution in [0, 0.1) is 12.3 Å². The average Bonchev–Trinajstić information content (AvgIpc) is 2.84. The number of fused-ring (bicyclic) bond motifs is 1. The van der Waals surface area contributed by atoms with E-state index in [1.165, 1.54) is 0 Å². The number of nitrogens with one attached hydrogen (secondary N) is 1. The summed E-state index contributed by atoms with van der Waals surface area (Å²) < 4.78 is 1.84. The molecule has 1 amide bonds. The molecule has 0 unspecified atom stereocenters. The Bertz CT molecular complexity index is 728. The number of aliphatic hydroxyl groups excluding tert-OH is 1. The van der Waals surface area contributed by atoms with Gasteiger partial charge in [-0.3, -0.25) is 4.79 Å². The van der Waals surface area contributed by atoms with Gasteiger partial charge in [-0.05, 0) is 38.7 Å². The molecule has 24 heavy (non-hydrogen) atoms. The molecule has 0 bridgehead atoms. The summed E-state index contributed by atoms with van der Waals surface area (Å²) in [6.45, 7) is 12.3. The van der Waals surface area contributed by atoms with Gasteiger partial charge in [0.05, 0.1) is 23.6 Å². The molecular weight excluding hydrogens is 304 g/mol. The molecular formula is C18H28N4O2. The first kappa shape index (κ1) is 18.4. The van der Waals surface area contributed by atoms with E-state index in [2.05, 4.69) is 36.2 Å². The number of carbonyl (C=O) groups excluding carboxylic acids is 1. The van der Waals surface area contributed by atoms with Gasteiger partial charge in [0.1, 0.15) is 0 Å². The predicted octanol–water partition coefficient (Wildman–Crippen LogP) is 2.85. The van der Waals surface area contributed by atoms with Gasteiger partial charge in [0.15, 0.2) is 5.65 Å². The number of rotatable bonds is 5. The lowest BCUT2D eigenvalue weighted by Gasteiger charge is -2.22. The summed E-state index contributed by atoms with van der Waals surface area (Å²) in [6.07, 6.45) is 1.80. The monoisotopic (exact) mass is 332 g/mol. The second-order valence-electron chi connectivity index (χ2n) is 7.85. The quantitative estimate of drug-likeness (QED) is 0.882. The van der Waals surface area contributed by atoms with Gasteiger partial charge >= 0.3 is 0 Å². The standard InChI is InChI=1S/C18H28N4O2/c1-11(2)22-16-13(9-20-22)7-15(12(3)21-16)17(24)19-10-14(23)8-18(4,5)6/h7,9,11,14,23H,8,10H2,1-6H3,(H,19,24)/t14-/m1/s1. The van der Waals surface area contributed by atoms with Crippen LogP contribution in [0.2, 0.25) is 0 Å². The Morgan fingerprint density at radius 1 is 1.38 bits per heavy atom. The minimum Gasteiger partial charge on any atom is -0.391 e. The fourth-order valence-corrected chi connectivity index (χ4v) is 2.76. The minimum atomic E-state index is -0.561. The van der Waals surface area contributed by atoms with Crippen LogP contribution in [0.4, 0.5) is 0 Å². The Morgan fingerprint density at radius 3 is 2.62 bits per heavy atom. The topological polar surface area (TPSA) is 80.0 Å². The third-order valence-corrected chi connectivity index (χ3v) is 3.84. The number of aromatic nitrogens is 3. The average molecular weight is 332 g/mol. The molecule has 0 aliphatic rings. The highest BCUT2D eigenvalue weighted by molar-refractivity contribution is 5.98. The smallest absolute Gasteiger partial charge is 0.253 e. The van der Waals surface area contributed by atoms with Crippen molar-refractivity contribution >= 4 is 16.9 Å². The second kappa shape index (κ2) is 6.89. The third-order valence-electron chi connectivity index (χ3n) is 3.84. The zero-order chi connectivity index (χ0) is 18.1.